The summed E-state index contributed by atoms with van der Waals surface area (Å²) in [5, 5.41) is 14.3. The van der Waals surface area contributed by atoms with Crippen molar-refractivity contribution in [1.82, 2.24) is 10.6 Å². The van der Waals surface area contributed by atoms with Gasteiger partial charge in [-0.3, -0.25) is 14.4 Å². The van der Waals surface area contributed by atoms with Crippen LogP contribution in [0.4, 0.5) is 0 Å². The van der Waals surface area contributed by atoms with Crippen LogP contribution in [0.3, 0.4) is 0 Å². The minimum absolute atomic E-state index is 0.0711. The van der Waals surface area contributed by atoms with Crippen LogP contribution in [0, 0.1) is 11.8 Å². The fourth-order valence-corrected chi connectivity index (χ4v) is 2.58. The molecule has 1 rings (SSSR count). The highest BCUT2D eigenvalue weighted by Gasteiger charge is 2.28. The van der Waals surface area contributed by atoms with Crippen LogP contribution in [0.2, 0.25) is 0 Å². The van der Waals surface area contributed by atoms with Gasteiger partial charge in [0.05, 0.1) is 12.6 Å². The van der Waals surface area contributed by atoms with Gasteiger partial charge in [0.15, 0.2) is 11.6 Å². The maximum absolute atomic E-state index is 12.2. The number of nitrogens with one attached hydrogen (secondary N) is 2. The zero-order chi connectivity index (χ0) is 15.8. The quantitative estimate of drug-likeness (QED) is 0.558. The monoisotopic (exact) mass is 298 g/mol. The van der Waals surface area contributed by atoms with Crippen molar-refractivity contribution in [2.24, 2.45) is 11.8 Å². The van der Waals surface area contributed by atoms with E-state index >= 15 is 0 Å². The van der Waals surface area contributed by atoms with Crippen molar-refractivity contribution in [1.29, 1.82) is 0 Å². The predicted octanol–water partition coefficient (Wildman–Crippen LogP) is 0.0375. The molecule has 0 saturated carbocycles. The molecule has 1 aliphatic heterocycles. The summed E-state index contributed by atoms with van der Waals surface area (Å²) < 4.78 is 0. The van der Waals surface area contributed by atoms with Crippen LogP contribution >= 0.6 is 0 Å². The first kappa shape index (κ1) is 17.8. The molecule has 0 aromatic rings. The summed E-state index contributed by atoms with van der Waals surface area (Å²) in [6.45, 7) is 4.08. The molecule has 1 fully saturated rings. The summed E-state index contributed by atoms with van der Waals surface area (Å²) >= 11 is 0. The molecule has 6 heteroatoms. The van der Waals surface area contributed by atoms with Crippen LogP contribution in [-0.2, 0) is 14.4 Å². The first-order chi connectivity index (χ1) is 9.93. The molecule has 3 N–H and O–H groups in total. The summed E-state index contributed by atoms with van der Waals surface area (Å²) in [5.41, 5.74) is 0. The normalized spacial score (nSPS) is 19.5. The summed E-state index contributed by atoms with van der Waals surface area (Å²) in [6.07, 6.45) is 2.63. The number of aliphatic hydroxyl groups is 1. The van der Waals surface area contributed by atoms with Gasteiger partial charge in [-0.15, -0.1) is 0 Å². The highest BCUT2D eigenvalue weighted by Crippen LogP contribution is 2.19. The summed E-state index contributed by atoms with van der Waals surface area (Å²) in [4.78, 5) is 35.4. The zero-order valence-electron chi connectivity index (χ0n) is 12.9. The molecule has 120 valence electrons. The van der Waals surface area contributed by atoms with Gasteiger partial charge in [-0.2, -0.15) is 0 Å². The molecular formula is C15H26N2O4. The largest absolute Gasteiger partial charge is 0.389 e. The highest BCUT2D eigenvalue weighted by molar-refractivity contribution is 5.92. The molecule has 0 aliphatic carbocycles. The number of carbonyl (C=O) groups is 3. The number of carbonyl (C=O) groups excluding carboxylic acids is 3. The molecule has 1 aliphatic rings. The third-order valence-corrected chi connectivity index (χ3v) is 3.66. The van der Waals surface area contributed by atoms with Crippen LogP contribution in [0.1, 0.15) is 39.5 Å². The molecule has 2 unspecified atom stereocenters. The fraction of sp³-hybridized carbons (Fsp3) is 0.800. The van der Waals surface area contributed by atoms with Crippen molar-refractivity contribution < 1.29 is 19.5 Å². The lowest BCUT2D eigenvalue weighted by molar-refractivity contribution is -0.132. The Kier molecular flexibility index (Phi) is 7.53. The molecule has 0 aromatic carbocycles. The Morgan fingerprint density at radius 1 is 1.33 bits per heavy atom. The number of hydrogen-bond donors (Lipinski definition) is 3. The van der Waals surface area contributed by atoms with Gasteiger partial charge >= 0.3 is 0 Å². The van der Waals surface area contributed by atoms with E-state index in [1.165, 1.54) is 0 Å². The molecule has 0 radical (unpaired) electrons. The molecule has 6 nitrogen and oxygen atoms in total. The second kappa shape index (κ2) is 8.89. The maximum Gasteiger partial charge on any atom is 0.223 e. The van der Waals surface area contributed by atoms with Crippen LogP contribution < -0.4 is 10.6 Å². The van der Waals surface area contributed by atoms with Gasteiger partial charge in [0.25, 0.3) is 0 Å². The topological polar surface area (TPSA) is 95.5 Å². The van der Waals surface area contributed by atoms with Gasteiger partial charge in [-0.05, 0) is 31.7 Å². The van der Waals surface area contributed by atoms with Crippen LogP contribution in [0.5, 0.6) is 0 Å². The first-order valence-electron chi connectivity index (χ1n) is 7.60. The smallest absolute Gasteiger partial charge is 0.223 e. The average molecular weight is 298 g/mol. The third kappa shape index (κ3) is 6.35. The third-order valence-electron chi connectivity index (χ3n) is 3.66. The molecule has 2 atom stereocenters. The number of hydrogen-bond acceptors (Lipinski definition) is 5. The van der Waals surface area contributed by atoms with Crippen LogP contribution in [0.15, 0.2) is 0 Å². The van der Waals surface area contributed by atoms with Crippen molar-refractivity contribution in [3.05, 3.63) is 0 Å². The molecule has 1 amide bonds. The molecule has 1 saturated heterocycles. The number of ketones is 2. The summed E-state index contributed by atoms with van der Waals surface area (Å²) in [7, 11) is 0. The molecular weight excluding hydrogens is 272 g/mol. The highest BCUT2D eigenvalue weighted by atomic mass is 16.3. The van der Waals surface area contributed by atoms with E-state index < -0.39 is 18.3 Å². The summed E-state index contributed by atoms with van der Waals surface area (Å²) in [6, 6.07) is -0.133. The minimum Gasteiger partial charge on any atom is -0.389 e. The molecule has 0 aromatic heterocycles. The SMILES string of the molecule is CC(C)CC(CC(=O)C1CCCN1)C(=O)NCC(=O)CO. The Bertz CT molecular complexity index is 376. The second-order valence-corrected chi connectivity index (χ2v) is 6.06. The minimum atomic E-state index is -0.583. The average Bonchev–Trinajstić information content (AvgIpc) is 2.97. The van der Waals surface area contributed by atoms with Gasteiger partial charge in [-0.1, -0.05) is 13.8 Å². The van der Waals surface area contributed by atoms with Crippen molar-refractivity contribution in [2.75, 3.05) is 19.7 Å². The van der Waals surface area contributed by atoms with E-state index in [1.54, 1.807) is 0 Å². The lowest BCUT2D eigenvalue weighted by atomic mass is 9.89. The van der Waals surface area contributed by atoms with Crippen molar-refractivity contribution in [3.8, 4) is 0 Å². The van der Waals surface area contributed by atoms with E-state index in [-0.39, 0.29) is 30.7 Å². The Morgan fingerprint density at radius 2 is 2.05 bits per heavy atom. The number of Topliss-reactive ketones (excluding diaryl/α,β-unsaturated/α-hetero) is 2. The Balaban J connectivity index is 2.55. The van der Waals surface area contributed by atoms with Gasteiger partial charge < -0.3 is 15.7 Å². The second-order valence-electron chi connectivity index (χ2n) is 6.06. The van der Waals surface area contributed by atoms with Crippen LogP contribution in [0.25, 0.3) is 0 Å². The standard InChI is InChI=1S/C15H26N2O4/c1-10(2)6-11(15(21)17-8-12(19)9-18)7-14(20)13-4-3-5-16-13/h10-11,13,16,18H,3-9H2,1-2H3,(H,17,21). The van der Waals surface area contributed by atoms with E-state index in [0.29, 0.717) is 12.3 Å². The van der Waals surface area contributed by atoms with E-state index in [0.717, 1.165) is 19.4 Å². The molecule has 21 heavy (non-hydrogen) atoms. The summed E-state index contributed by atoms with van der Waals surface area (Å²) in [5.74, 6) is -0.765. The van der Waals surface area contributed by atoms with Crippen molar-refractivity contribution in [2.45, 2.75) is 45.6 Å². The lowest BCUT2D eigenvalue weighted by Gasteiger charge is -2.19. The number of aliphatic hydroxyl groups excluding tert-OH is 1. The molecule has 0 bridgehead atoms. The van der Waals surface area contributed by atoms with Gasteiger partial charge in [0, 0.05) is 12.3 Å². The van der Waals surface area contributed by atoms with Crippen molar-refractivity contribution in [3.63, 3.8) is 0 Å². The fourth-order valence-electron chi connectivity index (χ4n) is 2.58. The number of amides is 1. The predicted molar refractivity (Wildman–Crippen MR) is 78.7 cm³/mol. The Morgan fingerprint density at radius 3 is 2.57 bits per heavy atom. The van der Waals surface area contributed by atoms with Gasteiger partial charge in [-0.25, -0.2) is 0 Å². The van der Waals surface area contributed by atoms with E-state index in [9.17, 15) is 14.4 Å². The lowest BCUT2D eigenvalue weighted by Crippen LogP contribution is -2.39. The van der Waals surface area contributed by atoms with E-state index in [1.807, 2.05) is 13.8 Å². The van der Waals surface area contributed by atoms with Crippen LogP contribution in [-0.4, -0.2) is 48.3 Å². The Labute approximate surface area is 125 Å². The molecule has 0 spiro atoms. The van der Waals surface area contributed by atoms with E-state index in [2.05, 4.69) is 10.6 Å². The van der Waals surface area contributed by atoms with Crippen molar-refractivity contribution >= 4 is 17.5 Å². The maximum atomic E-state index is 12.2. The molecule has 1 heterocycles. The Hall–Kier alpha value is -1.27. The zero-order valence-corrected chi connectivity index (χ0v) is 12.9. The van der Waals surface area contributed by atoms with E-state index in [4.69, 9.17) is 5.11 Å². The first-order valence-corrected chi connectivity index (χ1v) is 7.60. The van der Waals surface area contributed by atoms with Gasteiger partial charge in [0.1, 0.15) is 6.61 Å². The van der Waals surface area contributed by atoms with Gasteiger partial charge in [0.2, 0.25) is 5.91 Å². The number of rotatable bonds is 9.